The number of aromatic amines is 1. The minimum Gasteiger partial charge on any atom is -0.460 e. The zero-order valence-corrected chi connectivity index (χ0v) is 18.4. The van der Waals surface area contributed by atoms with Crippen LogP contribution in [0.4, 0.5) is 10.2 Å². The molecule has 0 aliphatic carbocycles. The molecule has 1 atom stereocenters. The van der Waals surface area contributed by atoms with Gasteiger partial charge in [0.05, 0.1) is 23.2 Å². The third-order valence-corrected chi connectivity index (χ3v) is 5.66. The van der Waals surface area contributed by atoms with E-state index in [0.29, 0.717) is 22.2 Å². The van der Waals surface area contributed by atoms with Gasteiger partial charge in [0.2, 0.25) is 0 Å². The number of anilines is 1. The van der Waals surface area contributed by atoms with Gasteiger partial charge in [-0.15, -0.1) is 0 Å². The lowest BCUT2D eigenvalue weighted by Gasteiger charge is -2.29. The number of hydrogen-bond donors (Lipinski definition) is 2. The maximum absolute atomic E-state index is 14.0. The van der Waals surface area contributed by atoms with E-state index < -0.39 is 17.7 Å². The second kappa shape index (κ2) is 9.47. The van der Waals surface area contributed by atoms with Gasteiger partial charge in [-0.1, -0.05) is 37.2 Å². The molecule has 0 fully saturated rings. The Morgan fingerprint density at radius 3 is 2.80 bits per heavy atom. The number of carbonyl (C=O) groups is 1. The molecule has 1 aliphatic rings. The summed E-state index contributed by atoms with van der Waals surface area (Å²) >= 11 is 1.47. The van der Waals surface area contributed by atoms with Crippen LogP contribution in [-0.2, 0) is 9.53 Å². The molecule has 160 valence electrons. The highest BCUT2D eigenvalue weighted by Gasteiger charge is 2.36. The van der Waals surface area contributed by atoms with Crippen LogP contribution >= 0.6 is 11.8 Å². The molecule has 1 aromatic carbocycles. The minimum atomic E-state index is -0.783. The van der Waals surface area contributed by atoms with E-state index in [2.05, 4.69) is 22.2 Å². The normalized spacial score (nSPS) is 15.7. The average molecular weight is 432 g/mol. The molecule has 6 nitrogen and oxygen atoms in total. The first-order valence-electron chi connectivity index (χ1n) is 10.0. The molecule has 0 unspecified atom stereocenters. The van der Waals surface area contributed by atoms with Gasteiger partial charge in [-0.05, 0) is 44.9 Å². The van der Waals surface area contributed by atoms with Crippen molar-refractivity contribution in [2.45, 2.75) is 57.7 Å². The number of fused-ring (bicyclic) bond motifs is 1. The Morgan fingerprint density at radius 2 is 2.13 bits per heavy atom. The third kappa shape index (κ3) is 4.75. The third-order valence-electron chi connectivity index (χ3n) is 4.70. The Balaban J connectivity index is 2.14. The summed E-state index contributed by atoms with van der Waals surface area (Å²) in [4.78, 5) is 33.3. The van der Waals surface area contributed by atoms with Crippen molar-refractivity contribution in [3.8, 4) is 0 Å². The first-order valence-corrected chi connectivity index (χ1v) is 11.0. The fourth-order valence-corrected chi connectivity index (χ4v) is 4.33. The summed E-state index contributed by atoms with van der Waals surface area (Å²) in [6.45, 7) is 7.34. The van der Waals surface area contributed by atoms with Gasteiger partial charge in [-0.3, -0.25) is 4.79 Å². The monoisotopic (exact) mass is 431 g/mol. The number of unbranched alkanes of at least 4 members (excludes halogenated alkanes) is 1. The number of H-pyrrole nitrogens is 1. The molecule has 0 spiro atoms. The fraction of sp³-hybridized carbons (Fsp3) is 0.409. The summed E-state index contributed by atoms with van der Waals surface area (Å²) in [5, 5.41) is 3.60. The van der Waals surface area contributed by atoms with Gasteiger partial charge in [-0.2, -0.15) is 0 Å². The van der Waals surface area contributed by atoms with Crippen molar-refractivity contribution in [3.63, 3.8) is 0 Å². The molecule has 1 aliphatic heterocycles. The van der Waals surface area contributed by atoms with E-state index in [9.17, 15) is 14.0 Å². The number of ether oxygens (including phenoxy) is 1. The Morgan fingerprint density at radius 1 is 1.37 bits per heavy atom. The molecule has 2 N–H and O–H groups in total. The highest BCUT2D eigenvalue weighted by atomic mass is 32.2. The predicted octanol–water partition coefficient (Wildman–Crippen LogP) is 4.58. The number of rotatable bonds is 7. The van der Waals surface area contributed by atoms with Gasteiger partial charge < -0.3 is 15.0 Å². The number of esters is 1. The summed E-state index contributed by atoms with van der Waals surface area (Å²) in [7, 11) is 0. The molecule has 0 amide bonds. The van der Waals surface area contributed by atoms with E-state index in [0.717, 1.165) is 18.6 Å². The zero-order chi connectivity index (χ0) is 21.8. The molecule has 2 aromatic rings. The molecular weight excluding hydrogens is 405 g/mol. The summed E-state index contributed by atoms with van der Waals surface area (Å²) in [5.74, 6) is -0.555. The van der Waals surface area contributed by atoms with Crippen molar-refractivity contribution < 1.29 is 13.9 Å². The number of allylic oxidation sites excluding steroid dienone is 1. The van der Waals surface area contributed by atoms with Crippen LogP contribution in [0.1, 0.15) is 57.6 Å². The van der Waals surface area contributed by atoms with Crippen LogP contribution in [0.25, 0.3) is 0 Å². The molecule has 30 heavy (non-hydrogen) atoms. The van der Waals surface area contributed by atoms with Gasteiger partial charge in [-0.25, -0.2) is 14.2 Å². The quantitative estimate of drug-likeness (QED) is 0.289. The van der Waals surface area contributed by atoms with E-state index >= 15 is 0 Å². The Labute approximate surface area is 179 Å². The Bertz CT molecular complexity index is 1030. The maximum Gasteiger partial charge on any atom is 0.337 e. The van der Waals surface area contributed by atoms with Crippen molar-refractivity contribution in [1.29, 1.82) is 0 Å². The number of thioether (sulfide) groups is 1. The molecule has 0 saturated heterocycles. The second-order valence-corrected chi connectivity index (χ2v) is 8.52. The first kappa shape index (κ1) is 22.1. The smallest absolute Gasteiger partial charge is 0.337 e. The lowest BCUT2D eigenvalue weighted by atomic mass is 9.82. The number of carbonyl (C=O) groups excluding carboxylic acids is 1. The standard InChI is InChI=1S/C22H26FN3O3S/c1-5-6-10-30-22-25-19-18(20(27)26-22)17(14-8-7-9-15(23)11-14)16(13(4)24-19)21(28)29-12(2)3/h7-9,11-12,17H,5-6,10H2,1-4H3,(H2,24,25,26,27)/t17-/m1/s1. The van der Waals surface area contributed by atoms with E-state index in [1.54, 1.807) is 32.9 Å². The van der Waals surface area contributed by atoms with Crippen molar-refractivity contribution >= 4 is 23.5 Å². The van der Waals surface area contributed by atoms with Crippen molar-refractivity contribution in [2.24, 2.45) is 0 Å². The zero-order valence-electron chi connectivity index (χ0n) is 17.5. The van der Waals surface area contributed by atoms with Crippen molar-refractivity contribution in [3.05, 3.63) is 62.8 Å². The van der Waals surface area contributed by atoms with Crippen LogP contribution in [-0.4, -0.2) is 27.8 Å². The van der Waals surface area contributed by atoms with Crippen LogP contribution in [0, 0.1) is 5.82 Å². The summed E-state index contributed by atoms with van der Waals surface area (Å²) in [6.07, 6.45) is 1.72. The van der Waals surface area contributed by atoms with E-state index in [-0.39, 0.29) is 22.8 Å². The number of nitrogens with zero attached hydrogens (tertiary/aromatic N) is 1. The van der Waals surface area contributed by atoms with Gasteiger partial charge in [0.25, 0.3) is 5.56 Å². The highest BCUT2D eigenvalue weighted by molar-refractivity contribution is 7.99. The Kier molecular flexibility index (Phi) is 6.97. The van der Waals surface area contributed by atoms with Crippen LogP contribution in [0.3, 0.4) is 0 Å². The maximum atomic E-state index is 14.0. The molecule has 0 saturated carbocycles. The molecular formula is C22H26FN3O3S. The van der Waals surface area contributed by atoms with Crippen LogP contribution in [0.5, 0.6) is 0 Å². The predicted molar refractivity (Wildman–Crippen MR) is 116 cm³/mol. The van der Waals surface area contributed by atoms with Crippen molar-refractivity contribution in [1.82, 2.24) is 9.97 Å². The molecule has 0 bridgehead atoms. The van der Waals surface area contributed by atoms with Crippen LogP contribution in [0.2, 0.25) is 0 Å². The number of nitrogens with one attached hydrogen (secondary N) is 2. The summed E-state index contributed by atoms with van der Waals surface area (Å²) in [6, 6.07) is 5.91. The summed E-state index contributed by atoms with van der Waals surface area (Å²) in [5.41, 5.74) is 1.22. The van der Waals surface area contributed by atoms with Gasteiger partial charge in [0.1, 0.15) is 11.6 Å². The number of hydrogen-bond acceptors (Lipinski definition) is 6. The molecule has 0 radical (unpaired) electrons. The largest absolute Gasteiger partial charge is 0.460 e. The van der Waals surface area contributed by atoms with Crippen LogP contribution in [0.15, 0.2) is 45.5 Å². The Hall–Kier alpha value is -2.61. The number of benzene rings is 1. The fourth-order valence-electron chi connectivity index (χ4n) is 3.38. The number of halogens is 1. The van der Waals surface area contributed by atoms with E-state index in [1.165, 1.54) is 23.9 Å². The molecule has 3 rings (SSSR count). The van der Waals surface area contributed by atoms with Gasteiger partial charge in [0, 0.05) is 11.4 Å². The summed E-state index contributed by atoms with van der Waals surface area (Å²) < 4.78 is 19.4. The van der Waals surface area contributed by atoms with Crippen molar-refractivity contribution in [2.75, 3.05) is 11.1 Å². The minimum absolute atomic E-state index is 0.278. The topological polar surface area (TPSA) is 84.1 Å². The lowest BCUT2D eigenvalue weighted by Crippen LogP contribution is -2.32. The SMILES string of the molecule is CCCCSc1nc2c(c(=O)[nH]1)[C@H](c1cccc(F)c1)C(C(=O)OC(C)C)=C(C)N2. The molecule has 2 heterocycles. The van der Waals surface area contributed by atoms with E-state index in [1.807, 2.05) is 0 Å². The molecule has 8 heteroatoms. The first-order chi connectivity index (χ1) is 14.3. The number of aromatic nitrogens is 2. The lowest BCUT2D eigenvalue weighted by molar-refractivity contribution is -0.143. The van der Waals surface area contributed by atoms with E-state index in [4.69, 9.17) is 4.74 Å². The average Bonchev–Trinajstić information content (AvgIpc) is 2.66. The second-order valence-electron chi connectivity index (χ2n) is 7.44. The van der Waals surface area contributed by atoms with Gasteiger partial charge >= 0.3 is 5.97 Å². The van der Waals surface area contributed by atoms with Gasteiger partial charge in [0.15, 0.2) is 5.16 Å². The molecule has 1 aromatic heterocycles. The highest BCUT2D eigenvalue weighted by Crippen LogP contribution is 2.40. The van der Waals surface area contributed by atoms with Crippen LogP contribution < -0.4 is 10.9 Å².